The summed E-state index contributed by atoms with van der Waals surface area (Å²) in [4.78, 5) is 0. The van der Waals surface area contributed by atoms with Crippen molar-refractivity contribution in [3.05, 3.63) is 18.6 Å². The quantitative estimate of drug-likeness (QED) is 0.480. The molecule has 0 bridgehead atoms. The second kappa shape index (κ2) is 3.80. The molecule has 0 aromatic heterocycles. The van der Waals surface area contributed by atoms with Gasteiger partial charge >= 0.3 is 0 Å². The monoisotopic (exact) mass is 137 g/mol. The van der Waals surface area contributed by atoms with Crippen LogP contribution in [0.25, 0.3) is 0 Å². The molecule has 1 aliphatic carbocycles. The zero-order chi connectivity index (χ0) is 7.40. The number of allylic oxidation sites excluding steroid dienone is 2. The van der Waals surface area contributed by atoms with Gasteiger partial charge < -0.3 is 0 Å². The first-order chi connectivity index (χ1) is 4.79. The van der Waals surface area contributed by atoms with Crippen LogP contribution in [0.5, 0.6) is 0 Å². The summed E-state index contributed by atoms with van der Waals surface area (Å²) >= 11 is 0. The zero-order valence-electron chi connectivity index (χ0n) is 6.90. The van der Waals surface area contributed by atoms with Crippen molar-refractivity contribution >= 4 is 0 Å². The lowest BCUT2D eigenvalue weighted by Crippen LogP contribution is -1.96. The molecule has 1 atom stereocenters. The van der Waals surface area contributed by atoms with Crippen LogP contribution in [-0.4, -0.2) is 0 Å². The van der Waals surface area contributed by atoms with E-state index in [-0.39, 0.29) is 0 Å². The average Bonchev–Trinajstić information content (AvgIpc) is 1.90. The Hall–Kier alpha value is -0.260. The first kappa shape index (κ1) is 7.84. The Morgan fingerprint density at radius 1 is 1.50 bits per heavy atom. The maximum Gasteiger partial charge on any atom is -0.0283 e. The maximum absolute atomic E-state index is 3.99. The van der Waals surface area contributed by atoms with Crippen molar-refractivity contribution < 1.29 is 0 Å². The third-order valence-electron chi connectivity index (χ3n) is 2.25. The molecule has 0 N–H and O–H groups in total. The van der Waals surface area contributed by atoms with Crippen molar-refractivity contribution in [3.8, 4) is 0 Å². The van der Waals surface area contributed by atoms with Crippen molar-refractivity contribution in [2.45, 2.75) is 39.0 Å². The van der Waals surface area contributed by atoms with Gasteiger partial charge in [0.2, 0.25) is 0 Å². The number of hydrogen-bond acceptors (Lipinski definition) is 0. The van der Waals surface area contributed by atoms with Gasteiger partial charge in [0.15, 0.2) is 0 Å². The summed E-state index contributed by atoms with van der Waals surface area (Å²) in [5.74, 6) is 0.886. The van der Waals surface area contributed by atoms with Crippen LogP contribution < -0.4 is 0 Å². The molecule has 10 heavy (non-hydrogen) atoms. The molecule has 0 saturated heterocycles. The van der Waals surface area contributed by atoms with E-state index < -0.39 is 0 Å². The van der Waals surface area contributed by atoms with Crippen LogP contribution in [0.2, 0.25) is 0 Å². The van der Waals surface area contributed by atoms with Gasteiger partial charge in [-0.05, 0) is 32.1 Å². The molecular formula is C10H17. The highest BCUT2D eigenvalue weighted by Crippen LogP contribution is 2.20. The van der Waals surface area contributed by atoms with Gasteiger partial charge in [0, 0.05) is 0 Å². The Morgan fingerprint density at radius 3 is 3.10 bits per heavy atom. The minimum atomic E-state index is 0.886. The first-order valence-electron chi connectivity index (χ1n) is 4.30. The van der Waals surface area contributed by atoms with Gasteiger partial charge in [-0.15, -0.1) is 0 Å². The number of rotatable bonds is 0. The van der Waals surface area contributed by atoms with Gasteiger partial charge in [0.1, 0.15) is 0 Å². The van der Waals surface area contributed by atoms with Gasteiger partial charge in [-0.25, -0.2) is 0 Å². The standard InChI is InChI=1S/C10H17/c1-9-5-3-4-6-10(2)8-7-9/h7,10H,1,3-6,8H2,2H3/b9-7-. The molecule has 0 heteroatoms. The van der Waals surface area contributed by atoms with Crippen LogP contribution in [0.1, 0.15) is 39.0 Å². The average molecular weight is 137 g/mol. The predicted octanol–water partition coefficient (Wildman–Crippen LogP) is 3.35. The molecule has 1 rings (SSSR count). The van der Waals surface area contributed by atoms with E-state index in [2.05, 4.69) is 19.9 Å². The van der Waals surface area contributed by atoms with E-state index in [4.69, 9.17) is 0 Å². The Bertz CT molecular complexity index is 122. The highest BCUT2D eigenvalue weighted by molar-refractivity contribution is 5.06. The van der Waals surface area contributed by atoms with Crippen molar-refractivity contribution in [2.75, 3.05) is 0 Å². The smallest absolute Gasteiger partial charge is 0.0283 e. The van der Waals surface area contributed by atoms with Crippen molar-refractivity contribution in [1.82, 2.24) is 0 Å². The summed E-state index contributed by atoms with van der Waals surface area (Å²) in [7, 11) is 0. The minimum Gasteiger partial charge on any atom is -0.0851 e. The summed E-state index contributed by atoms with van der Waals surface area (Å²) in [6.07, 6.45) is 8.94. The van der Waals surface area contributed by atoms with Gasteiger partial charge in [-0.2, -0.15) is 0 Å². The van der Waals surface area contributed by atoms with E-state index in [1.54, 1.807) is 0 Å². The fourth-order valence-electron chi connectivity index (χ4n) is 1.43. The normalized spacial score (nSPS) is 33.8. The van der Waals surface area contributed by atoms with Gasteiger partial charge in [-0.3, -0.25) is 0 Å². The van der Waals surface area contributed by atoms with Crippen LogP contribution in [0, 0.1) is 12.8 Å². The maximum atomic E-state index is 3.99. The highest BCUT2D eigenvalue weighted by atomic mass is 14.1. The Balaban J connectivity index is 2.42. The summed E-state index contributed by atoms with van der Waals surface area (Å²) in [5.41, 5.74) is 1.35. The van der Waals surface area contributed by atoms with Gasteiger partial charge in [0.25, 0.3) is 0 Å². The third kappa shape index (κ3) is 2.55. The molecule has 0 heterocycles. The molecule has 0 aliphatic heterocycles. The van der Waals surface area contributed by atoms with Gasteiger partial charge in [0.05, 0.1) is 0 Å². The summed E-state index contributed by atoms with van der Waals surface area (Å²) in [5, 5.41) is 0. The van der Waals surface area contributed by atoms with Crippen LogP contribution >= 0.6 is 0 Å². The van der Waals surface area contributed by atoms with E-state index in [0.29, 0.717) is 0 Å². The molecule has 0 spiro atoms. The molecule has 0 amide bonds. The SMILES string of the molecule is [CH2]/C1=C/CC(C)CCCC1. The van der Waals surface area contributed by atoms with Gasteiger partial charge in [-0.1, -0.05) is 31.4 Å². The largest absolute Gasteiger partial charge is 0.0851 e. The lowest BCUT2D eigenvalue weighted by molar-refractivity contribution is 0.492. The van der Waals surface area contributed by atoms with Crippen molar-refractivity contribution in [3.63, 3.8) is 0 Å². The molecule has 57 valence electrons. The second-order valence-electron chi connectivity index (χ2n) is 3.45. The van der Waals surface area contributed by atoms with E-state index in [9.17, 15) is 0 Å². The highest BCUT2D eigenvalue weighted by Gasteiger charge is 2.03. The molecule has 1 aliphatic rings. The molecular weight excluding hydrogens is 120 g/mol. The van der Waals surface area contributed by atoms with Crippen molar-refractivity contribution in [1.29, 1.82) is 0 Å². The molecule has 0 saturated carbocycles. The fraction of sp³-hybridized carbons (Fsp3) is 0.700. The van der Waals surface area contributed by atoms with Crippen LogP contribution in [-0.2, 0) is 0 Å². The molecule has 0 aromatic carbocycles. The summed E-state index contributed by atoms with van der Waals surface area (Å²) in [6, 6.07) is 0. The van der Waals surface area contributed by atoms with E-state index >= 15 is 0 Å². The third-order valence-corrected chi connectivity index (χ3v) is 2.25. The molecule has 0 aromatic rings. The zero-order valence-corrected chi connectivity index (χ0v) is 6.90. The lowest BCUT2D eigenvalue weighted by atomic mass is 9.94. The van der Waals surface area contributed by atoms with E-state index in [1.165, 1.54) is 37.7 Å². The van der Waals surface area contributed by atoms with Crippen LogP contribution in [0.15, 0.2) is 11.6 Å². The van der Waals surface area contributed by atoms with E-state index in [1.807, 2.05) is 0 Å². The summed E-state index contributed by atoms with van der Waals surface area (Å²) in [6.45, 7) is 6.32. The van der Waals surface area contributed by atoms with Crippen LogP contribution in [0.3, 0.4) is 0 Å². The fourth-order valence-corrected chi connectivity index (χ4v) is 1.43. The molecule has 1 radical (unpaired) electrons. The van der Waals surface area contributed by atoms with Crippen molar-refractivity contribution in [2.24, 2.45) is 5.92 Å². The molecule has 0 nitrogen and oxygen atoms in total. The Kier molecular flexibility index (Phi) is 2.98. The predicted molar refractivity (Wildman–Crippen MR) is 45.7 cm³/mol. The Morgan fingerprint density at radius 2 is 2.30 bits per heavy atom. The van der Waals surface area contributed by atoms with E-state index in [0.717, 1.165) is 5.92 Å². The summed E-state index contributed by atoms with van der Waals surface area (Å²) < 4.78 is 0. The first-order valence-corrected chi connectivity index (χ1v) is 4.30. The molecule has 0 fully saturated rings. The minimum absolute atomic E-state index is 0.886. The van der Waals surface area contributed by atoms with Crippen LogP contribution in [0.4, 0.5) is 0 Å². The lowest BCUT2D eigenvalue weighted by Gasteiger charge is -2.12. The molecule has 1 unspecified atom stereocenters. The Labute approximate surface area is 64.3 Å². The topological polar surface area (TPSA) is 0 Å². The number of hydrogen-bond donors (Lipinski definition) is 0. The second-order valence-corrected chi connectivity index (χ2v) is 3.45.